The van der Waals surface area contributed by atoms with E-state index in [4.69, 9.17) is 5.26 Å². The van der Waals surface area contributed by atoms with Gasteiger partial charge in [-0.2, -0.15) is 5.26 Å². The third kappa shape index (κ3) is 1.70. The number of carbonyl (C=O) groups excluding carboxylic acids is 1. The highest BCUT2D eigenvalue weighted by atomic mass is 16.1. The fourth-order valence-electron chi connectivity index (χ4n) is 1.42. The van der Waals surface area contributed by atoms with Crippen molar-refractivity contribution in [1.82, 2.24) is 15.0 Å². The second-order valence-corrected chi connectivity index (χ2v) is 3.27. The van der Waals surface area contributed by atoms with E-state index in [1.807, 2.05) is 6.07 Å². The zero-order valence-electron chi connectivity index (χ0n) is 8.64. The zero-order chi connectivity index (χ0) is 11.5. The van der Waals surface area contributed by atoms with Crippen LogP contribution < -0.4 is 5.32 Å². The number of benzene rings is 1. The van der Waals surface area contributed by atoms with Crippen LogP contribution in [0.5, 0.6) is 0 Å². The number of hydrogen-bond donors (Lipinski definition) is 1. The van der Waals surface area contributed by atoms with Crippen LogP contribution in [-0.2, 0) is 11.8 Å². The van der Waals surface area contributed by atoms with Crippen LogP contribution in [0.15, 0.2) is 18.2 Å². The molecule has 6 heteroatoms. The Bertz CT molecular complexity index is 580. The predicted molar refractivity (Wildman–Crippen MR) is 57.4 cm³/mol. The van der Waals surface area contributed by atoms with E-state index >= 15 is 0 Å². The number of fused-ring (bicyclic) bond motifs is 1. The molecule has 0 radical (unpaired) electrons. The van der Waals surface area contributed by atoms with Crippen LogP contribution in [0.3, 0.4) is 0 Å². The molecule has 6 nitrogen and oxygen atoms in total. The largest absolute Gasteiger partial charge is 0.323 e. The summed E-state index contributed by atoms with van der Waals surface area (Å²) in [6, 6.07) is 7.17. The van der Waals surface area contributed by atoms with Gasteiger partial charge in [0.2, 0.25) is 5.91 Å². The Labute approximate surface area is 91.5 Å². The maximum Gasteiger partial charge on any atom is 0.238 e. The van der Waals surface area contributed by atoms with Gasteiger partial charge in [-0.25, -0.2) is 4.68 Å². The SMILES string of the molecule is Cn1nnc2c(NC(=O)CC#N)cccc21. The topological polar surface area (TPSA) is 83.6 Å². The summed E-state index contributed by atoms with van der Waals surface area (Å²) in [5.41, 5.74) is 2.02. The van der Waals surface area contributed by atoms with Gasteiger partial charge in [0.25, 0.3) is 0 Å². The summed E-state index contributed by atoms with van der Waals surface area (Å²) in [4.78, 5) is 11.3. The fourth-order valence-corrected chi connectivity index (χ4v) is 1.42. The summed E-state index contributed by atoms with van der Waals surface area (Å²) in [5.74, 6) is -0.347. The number of aromatic nitrogens is 3. The molecule has 0 bridgehead atoms. The van der Waals surface area contributed by atoms with Crippen molar-refractivity contribution >= 4 is 22.6 Å². The van der Waals surface area contributed by atoms with Gasteiger partial charge in [0, 0.05) is 7.05 Å². The molecule has 16 heavy (non-hydrogen) atoms. The molecule has 1 N–H and O–H groups in total. The third-order valence-electron chi connectivity index (χ3n) is 2.16. The smallest absolute Gasteiger partial charge is 0.238 e. The van der Waals surface area contributed by atoms with E-state index in [1.54, 1.807) is 29.9 Å². The molecule has 0 aliphatic rings. The number of aryl methyl sites for hydroxylation is 1. The van der Waals surface area contributed by atoms with Crippen LogP contribution in [0.25, 0.3) is 11.0 Å². The van der Waals surface area contributed by atoms with Gasteiger partial charge in [-0.15, -0.1) is 5.10 Å². The molecule has 0 saturated heterocycles. The maximum atomic E-state index is 11.3. The van der Waals surface area contributed by atoms with E-state index in [1.165, 1.54) is 0 Å². The number of nitriles is 1. The summed E-state index contributed by atoms with van der Waals surface area (Å²) >= 11 is 0. The molecule has 0 atom stereocenters. The van der Waals surface area contributed by atoms with Crippen LogP contribution in [0.1, 0.15) is 6.42 Å². The predicted octanol–water partition coefficient (Wildman–Crippen LogP) is 0.820. The molecule has 0 saturated carbocycles. The van der Waals surface area contributed by atoms with Crippen molar-refractivity contribution in [3.8, 4) is 6.07 Å². The van der Waals surface area contributed by atoms with E-state index in [0.717, 1.165) is 5.52 Å². The van der Waals surface area contributed by atoms with Crippen molar-refractivity contribution in [3.63, 3.8) is 0 Å². The van der Waals surface area contributed by atoms with E-state index in [-0.39, 0.29) is 12.3 Å². The van der Waals surface area contributed by atoms with Gasteiger partial charge < -0.3 is 5.32 Å². The summed E-state index contributed by atoms with van der Waals surface area (Å²) in [6.07, 6.45) is -0.170. The molecule has 1 heterocycles. The minimum absolute atomic E-state index is 0.170. The van der Waals surface area contributed by atoms with Crippen LogP contribution in [-0.4, -0.2) is 20.9 Å². The number of nitrogens with one attached hydrogen (secondary N) is 1. The maximum absolute atomic E-state index is 11.3. The Kier molecular flexibility index (Phi) is 2.52. The van der Waals surface area contributed by atoms with Crippen molar-refractivity contribution in [2.75, 3.05) is 5.32 Å². The molecule has 1 aromatic carbocycles. The lowest BCUT2D eigenvalue weighted by molar-refractivity contribution is -0.115. The van der Waals surface area contributed by atoms with Crippen molar-refractivity contribution in [1.29, 1.82) is 5.26 Å². The lowest BCUT2D eigenvalue weighted by atomic mass is 10.2. The molecular formula is C10H9N5O. The number of rotatable bonds is 2. The van der Waals surface area contributed by atoms with Crippen LogP contribution in [0, 0.1) is 11.3 Å². The van der Waals surface area contributed by atoms with Gasteiger partial charge >= 0.3 is 0 Å². The van der Waals surface area contributed by atoms with Crippen LogP contribution in [0.4, 0.5) is 5.69 Å². The first-order valence-corrected chi connectivity index (χ1v) is 4.67. The Balaban J connectivity index is 2.38. The van der Waals surface area contributed by atoms with Gasteiger partial charge in [0.15, 0.2) is 0 Å². The first-order chi connectivity index (χ1) is 7.72. The summed E-state index contributed by atoms with van der Waals surface area (Å²) in [6.45, 7) is 0. The number of amides is 1. The monoisotopic (exact) mass is 215 g/mol. The number of carbonyl (C=O) groups is 1. The summed E-state index contributed by atoms with van der Waals surface area (Å²) in [5, 5.41) is 18.8. The minimum Gasteiger partial charge on any atom is -0.323 e. The number of anilines is 1. The lowest BCUT2D eigenvalue weighted by Crippen LogP contribution is -2.10. The summed E-state index contributed by atoms with van der Waals surface area (Å²) < 4.78 is 1.62. The van der Waals surface area contributed by atoms with Crippen LogP contribution >= 0.6 is 0 Å². The zero-order valence-corrected chi connectivity index (χ0v) is 8.64. The molecule has 2 rings (SSSR count). The minimum atomic E-state index is -0.347. The van der Waals surface area contributed by atoms with Crippen molar-refractivity contribution < 1.29 is 4.79 Å². The number of nitrogens with zero attached hydrogens (tertiary/aromatic N) is 4. The first kappa shape index (κ1) is 10.1. The Morgan fingerprint density at radius 2 is 2.44 bits per heavy atom. The Morgan fingerprint density at radius 1 is 1.62 bits per heavy atom. The average Bonchev–Trinajstić information content (AvgIpc) is 2.62. The quantitative estimate of drug-likeness (QED) is 0.803. The van der Waals surface area contributed by atoms with E-state index in [2.05, 4.69) is 15.6 Å². The van der Waals surface area contributed by atoms with Gasteiger partial charge in [0.1, 0.15) is 11.9 Å². The molecule has 1 aromatic heterocycles. The Hall–Kier alpha value is -2.42. The molecule has 2 aromatic rings. The Morgan fingerprint density at radius 3 is 3.19 bits per heavy atom. The third-order valence-corrected chi connectivity index (χ3v) is 2.16. The molecule has 0 fully saturated rings. The van der Waals surface area contributed by atoms with Crippen molar-refractivity contribution in [2.24, 2.45) is 7.05 Å². The highest BCUT2D eigenvalue weighted by molar-refractivity contribution is 5.99. The summed E-state index contributed by atoms with van der Waals surface area (Å²) in [7, 11) is 1.77. The average molecular weight is 215 g/mol. The molecule has 0 unspecified atom stereocenters. The first-order valence-electron chi connectivity index (χ1n) is 4.67. The highest BCUT2D eigenvalue weighted by Gasteiger charge is 2.08. The molecular weight excluding hydrogens is 206 g/mol. The fraction of sp³-hybridized carbons (Fsp3) is 0.200. The van der Waals surface area contributed by atoms with E-state index < -0.39 is 0 Å². The van der Waals surface area contributed by atoms with Gasteiger partial charge in [-0.1, -0.05) is 11.3 Å². The molecule has 0 spiro atoms. The van der Waals surface area contributed by atoms with Gasteiger partial charge in [-0.3, -0.25) is 4.79 Å². The lowest BCUT2D eigenvalue weighted by Gasteiger charge is -2.02. The second-order valence-electron chi connectivity index (χ2n) is 3.27. The van der Waals surface area contributed by atoms with E-state index in [9.17, 15) is 4.79 Å². The molecule has 1 amide bonds. The van der Waals surface area contributed by atoms with Gasteiger partial charge in [-0.05, 0) is 12.1 Å². The highest BCUT2D eigenvalue weighted by Crippen LogP contribution is 2.20. The molecule has 0 aliphatic carbocycles. The standard InChI is InChI=1S/C10H9N5O/c1-15-8-4-2-3-7(10(8)13-14-15)12-9(16)5-6-11/h2-4H,5H2,1H3,(H,12,16). The normalized spacial score (nSPS) is 10.0. The van der Waals surface area contributed by atoms with Crippen LogP contribution in [0.2, 0.25) is 0 Å². The van der Waals surface area contributed by atoms with E-state index in [0.29, 0.717) is 11.2 Å². The molecule has 80 valence electrons. The van der Waals surface area contributed by atoms with Crippen molar-refractivity contribution in [3.05, 3.63) is 18.2 Å². The molecule has 0 aliphatic heterocycles. The number of hydrogen-bond acceptors (Lipinski definition) is 4. The second kappa shape index (κ2) is 3.98. The van der Waals surface area contributed by atoms with Crippen molar-refractivity contribution in [2.45, 2.75) is 6.42 Å². The van der Waals surface area contributed by atoms with Gasteiger partial charge in [0.05, 0.1) is 17.3 Å².